The van der Waals surface area contributed by atoms with E-state index < -0.39 is 0 Å². The molecule has 1 fully saturated rings. The summed E-state index contributed by atoms with van der Waals surface area (Å²) in [6.45, 7) is 2.19. The smallest absolute Gasteiger partial charge is 0.254 e. The van der Waals surface area contributed by atoms with E-state index in [9.17, 15) is 9.59 Å². The lowest BCUT2D eigenvalue weighted by Gasteiger charge is -2.11. The number of nitrogens with zero attached hydrogens (tertiary/aromatic N) is 2. The van der Waals surface area contributed by atoms with Crippen LogP contribution in [0.15, 0.2) is 59.7 Å². The van der Waals surface area contributed by atoms with Gasteiger partial charge in [0.1, 0.15) is 11.5 Å². The van der Waals surface area contributed by atoms with Crippen LogP contribution in [-0.4, -0.2) is 42.4 Å². The van der Waals surface area contributed by atoms with Gasteiger partial charge in [-0.1, -0.05) is 18.2 Å². The minimum atomic E-state index is -0.280. The Morgan fingerprint density at radius 3 is 2.35 bits per heavy atom. The Morgan fingerprint density at radius 1 is 1.00 bits per heavy atom. The predicted molar refractivity (Wildman–Crippen MR) is 99.6 cm³/mol. The van der Waals surface area contributed by atoms with Crippen LogP contribution in [0.4, 0.5) is 0 Å². The molecule has 1 aliphatic rings. The molecule has 0 spiro atoms. The highest BCUT2D eigenvalue weighted by atomic mass is 16.5. The van der Waals surface area contributed by atoms with Gasteiger partial charge in [0.25, 0.3) is 5.91 Å². The summed E-state index contributed by atoms with van der Waals surface area (Å²) in [5, 5.41) is 3.75. The molecule has 0 aromatic heterocycles. The third kappa shape index (κ3) is 5.26. The van der Waals surface area contributed by atoms with Gasteiger partial charge in [0.2, 0.25) is 5.78 Å². The van der Waals surface area contributed by atoms with E-state index in [1.165, 1.54) is 0 Å². The average Bonchev–Trinajstić information content (AvgIpc) is 3.16. The highest BCUT2D eigenvalue weighted by Crippen LogP contribution is 2.21. The zero-order valence-electron chi connectivity index (χ0n) is 14.4. The molecule has 2 aromatic rings. The number of rotatable bonds is 7. The molecule has 2 aromatic carbocycles. The first-order valence-corrected chi connectivity index (χ1v) is 8.62. The molecule has 1 saturated heterocycles. The topological polar surface area (TPSA) is 71.0 Å². The normalized spacial score (nSPS) is 14.5. The van der Waals surface area contributed by atoms with Crippen LogP contribution in [0.3, 0.4) is 0 Å². The molecule has 0 atom stereocenters. The lowest BCUT2D eigenvalue weighted by Crippen LogP contribution is -2.33. The third-order valence-corrected chi connectivity index (χ3v) is 4.05. The maximum Gasteiger partial charge on any atom is 0.254 e. The number of likely N-dealkylation sites (tertiary alicyclic amines) is 1. The van der Waals surface area contributed by atoms with E-state index in [4.69, 9.17) is 4.74 Å². The van der Waals surface area contributed by atoms with Crippen LogP contribution in [0.1, 0.15) is 23.2 Å². The predicted octanol–water partition coefficient (Wildman–Crippen LogP) is 2.86. The maximum atomic E-state index is 12.1. The molecule has 0 radical (unpaired) electrons. The minimum Gasteiger partial charge on any atom is -0.457 e. The molecule has 1 aliphatic heterocycles. The molecule has 0 unspecified atom stereocenters. The van der Waals surface area contributed by atoms with E-state index in [-0.39, 0.29) is 11.7 Å². The lowest BCUT2D eigenvalue weighted by atomic mass is 10.1. The first kappa shape index (κ1) is 17.8. The average molecular weight is 351 g/mol. The summed E-state index contributed by atoms with van der Waals surface area (Å²) in [7, 11) is 0. The van der Waals surface area contributed by atoms with Crippen molar-refractivity contribution in [1.82, 2.24) is 10.3 Å². The van der Waals surface area contributed by atoms with Gasteiger partial charge in [-0.25, -0.2) is 5.43 Å². The van der Waals surface area contributed by atoms with Crippen LogP contribution in [0.5, 0.6) is 11.5 Å². The number of Topliss-reactive ketones (excluding diaryl/α,β-unsaturated/α-hetero) is 1. The molecular weight excluding hydrogens is 330 g/mol. The van der Waals surface area contributed by atoms with Gasteiger partial charge in [-0.3, -0.25) is 14.5 Å². The molecule has 1 amide bonds. The molecule has 6 heteroatoms. The van der Waals surface area contributed by atoms with E-state index in [0.717, 1.165) is 37.9 Å². The zero-order valence-corrected chi connectivity index (χ0v) is 14.4. The molecule has 0 aliphatic carbocycles. The van der Waals surface area contributed by atoms with Crippen molar-refractivity contribution >= 4 is 17.9 Å². The second kappa shape index (κ2) is 8.92. The van der Waals surface area contributed by atoms with E-state index >= 15 is 0 Å². The highest BCUT2D eigenvalue weighted by Gasteiger charge is 2.14. The van der Waals surface area contributed by atoms with Crippen LogP contribution in [0.25, 0.3) is 0 Å². The van der Waals surface area contributed by atoms with Gasteiger partial charge in [-0.15, -0.1) is 0 Å². The summed E-state index contributed by atoms with van der Waals surface area (Å²) in [6, 6.07) is 16.2. The van der Waals surface area contributed by atoms with Crippen LogP contribution >= 0.6 is 0 Å². The van der Waals surface area contributed by atoms with Crippen molar-refractivity contribution in [3.05, 3.63) is 60.2 Å². The van der Waals surface area contributed by atoms with Crippen LogP contribution in [0.2, 0.25) is 0 Å². The first-order chi connectivity index (χ1) is 12.7. The molecule has 26 heavy (non-hydrogen) atoms. The van der Waals surface area contributed by atoms with Gasteiger partial charge in [-0.05, 0) is 62.3 Å². The van der Waals surface area contributed by atoms with Gasteiger partial charge < -0.3 is 4.74 Å². The number of amides is 1. The fourth-order valence-corrected chi connectivity index (χ4v) is 2.73. The van der Waals surface area contributed by atoms with Crippen molar-refractivity contribution in [2.45, 2.75) is 12.8 Å². The van der Waals surface area contributed by atoms with Gasteiger partial charge in [0.05, 0.1) is 12.8 Å². The Kier molecular flexibility index (Phi) is 6.11. The van der Waals surface area contributed by atoms with Crippen LogP contribution in [-0.2, 0) is 4.79 Å². The molecule has 3 rings (SSSR count). The van der Waals surface area contributed by atoms with E-state index in [2.05, 4.69) is 15.4 Å². The van der Waals surface area contributed by atoms with E-state index in [1.54, 1.807) is 24.3 Å². The van der Waals surface area contributed by atoms with Crippen molar-refractivity contribution in [3.8, 4) is 11.5 Å². The second-order valence-electron chi connectivity index (χ2n) is 6.08. The summed E-state index contributed by atoms with van der Waals surface area (Å²) in [5.41, 5.74) is 2.87. The molecule has 134 valence electrons. The van der Waals surface area contributed by atoms with Crippen LogP contribution in [0, 0.1) is 0 Å². The third-order valence-electron chi connectivity index (χ3n) is 4.05. The van der Waals surface area contributed by atoms with Gasteiger partial charge >= 0.3 is 0 Å². The monoisotopic (exact) mass is 351 g/mol. The number of hydrogen-bond acceptors (Lipinski definition) is 5. The molecule has 0 saturated carbocycles. The Morgan fingerprint density at radius 2 is 1.65 bits per heavy atom. The Bertz CT molecular complexity index is 767. The highest BCUT2D eigenvalue weighted by molar-refractivity contribution is 6.35. The summed E-state index contributed by atoms with van der Waals surface area (Å²) >= 11 is 0. The van der Waals surface area contributed by atoms with Crippen molar-refractivity contribution < 1.29 is 14.3 Å². The number of para-hydroxylation sites is 1. The standard InChI is InChI=1S/C20H21N3O3/c24-19(14-21-22-20(25)15-23-12-4-5-13-23)16-8-10-18(11-9-16)26-17-6-2-1-3-7-17/h1-3,6-11,14H,4-5,12-13,15H2,(H,22,25)/b21-14+. The zero-order chi connectivity index (χ0) is 18.2. The maximum absolute atomic E-state index is 12.1. The Balaban J connectivity index is 1.48. The number of nitrogens with one attached hydrogen (secondary N) is 1. The molecule has 1 heterocycles. The van der Waals surface area contributed by atoms with Crippen LogP contribution < -0.4 is 10.2 Å². The number of benzene rings is 2. The van der Waals surface area contributed by atoms with Gasteiger partial charge in [0.15, 0.2) is 0 Å². The lowest BCUT2D eigenvalue weighted by molar-refractivity contribution is -0.121. The van der Waals surface area contributed by atoms with E-state index in [0.29, 0.717) is 17.9 Å². The first-order valence-electron chi connectivity index (χ1n) is 8.62. The number of hydrazone groups is 1. The van der Waals surface area contributed by atoms with Gasteiger partial charge in [-0.2, -0.15) is 5.10 Å². The Hall–Kier alpha value is -2.99. The summed E-state index contributed by atoms with van der Waals surface area (Å²) in [6.07, 6.45) is 3.37. The van der Waals surface area contributed by atoms with Crippen molar-refractivity contribution in [2.75, 3.05) is 19.6 Å². The Labute approximate surface area is 152 Å². The summed E-state index contributed by atoms with van der Waals surface area (Å²) in [5.74, 6) is 0.887. The number of carbonyl (C=O) groups is 2. The van der Waals surface area contributed by atoms with Crippen molar-refractivity contribution in [2.24, 2.45) is 5.10 Å². The summed E-state index contributed by atoms with van der Waals surface area (Å²) in [4.78, 5) is 25.9. The fraction of sp³-hybridized carbons (Fsp3) is 0.250. The SMILES string of the molecule is O=C(CN1CCCC1)N/N=C/C(=O)c1ccc(Oc2ccccc2)cc1. The van der Waals surface area contributed by atoms with Crippen molar-refractivity contribution in [3.63, 3.8) is 0 Å². The second-order valence-corrected chi connectivity index (χ2v) is 6.08. The largest absolute Gasteiger partial charge is 0.457 e. The molecule has 0 bridgehead atoms. The van der Waals surface area contributed by atoms with Gasteiger partial charge in [0, 0.05) is 5.56 Å². The van der Waals surface area contributed by atoms with Crippen molar-refractivity contribution in [1.29, 1.82) is 0 Å². The minimum absolute atomic E-state index is 0.206. The summed E-state index contributed by atoms with van der Waals surface area (Å²) < 4.78 is 5.68. The quantitative estimate of drug-likeness (QED) is 0.473. The fourth-order valence-electron chi connectivity index (χ4n) is 2.73. The molecule has 6 nitrogen and oxygen atoms in total. The number of ether oxygens (including phenoxy) is 1. The number of hydrogen-bond donors (Lipinski definition) is 1. The molecular formula is C20H21N3O3. The number of ketones is 1. The van der Waals surface area contributed by atoms with E-state index in [1.807, 2.05) is 30.3 Å². The molecule has 1 N–H and O–H groups in total. The number of carbonyl (C=O) groups excluding carboxylic acids is 2.